The predicted octanol–water partition coefficient (Wildman–Crippen LogP) is 5.14. The molecule has 4 rings (SSSR count). The van der Waals surface area contributed by atoms with E-state index in [0.29, 0.717) is 11.5 Å². The van der Waals surface area contributed by atoms with Crippen molar-refractivity contribution in [3.63, 3.8) is 0 Å². The lowest BCUT2D eigenvalue weighted by Crippen LogP contribution is -2.27. The first-order valence-electron chi connectivity index (χ1n) is 9.50. The molecular weight excluding hydrogens is 402 g/mol. The first-order chi connectivity index (χ1) is 14.4. The van der Waals surface area contributed by atoms with Crippen LogP contribution in [0.25, 0.3) is 12.2 Å². The summed E-state index contributed by atoms with van der Waals surface area (Å²) in [7, 11) is 0. The largest absolute Gasteiger partial charge is 0.483 e. The Morgan fingerprint density at radius 3 is 1.90 bits per heavy atom. The van der Waals surface area contributed by atoms with Gasteiger partial charge in [0.05, 0.1) is 22.0 Å². The molecule has 9 heteroatoms. The van der Waals surface area contributed by atoms with E-state index in [-0.39, 0.29) is 17.1 Å². The number of hydrogen-bond donors (Lipinski definition) is 1. The molecule has 0 unspecified atom stereocenters. The van der Waals surface area contributed by atoms with Gasteiger partial charge in [-0.15, -0.1) is 0 Å². The summed E-state index contributed by atoms with van der Waals surface area (Å²) in [5.74, 6) is 1.06. The smallest absolute Gasteiger partial charge is 0.295 e. The molecular formula is C22H23N3O6. The van der Waals surface area contributed by atoms with Crippen molar-refractivity contribution in [2.24, 2.45) is 0 Å². The summed E-state index contributed by atoms with van der Waals surface area (Å²) in [6, 6.07) is 7.56. The Labute approximate surface area is 179 Å². The molecule has 0 amide bonds. The van der Waals surface area contributed by atoms with Crippen molar-refractivity contribution in [1.29, 1.82) is 0 Å². The number of nitro benzene ring substituents is 2. The summed E-state index contributed by atoms with van der Waals surface area (Å²) < 4.78 is 11.2. The average Bonchev–Trinajstić information content (AvgIpc) is 2.66. The van der Waals surface area contributed by atoms with Crippen molar-refractivity contribution in [1.82, 2.24) is 0 Å². The average molecular weight is 425 g/mol. The molecule has 2 aliphatic rings. The van der Waals surface area contributed by atoms with Crippen molar-refractivity contribution >= 4 is 29.2 Å². The highest BCUT2D eigenvalue weighted by atomic mass is 16.6. The number of non-ortho nitro benzene ring substituents is 1. The van der Waals surface area contributed by atoms with Crippen LogP contribution in [-0.2, 0) is 0 Å². The first-order valence-corrected chi connectivity index (χ1v) is 9.50. The van der Waals surface area contributed by atoms with Gasteiger partial charge in [0.2, 0.25) is 0 Å². The molecule has 0 saturated carbocycles. The van der Waals surface area contributed by atoms with Gasteiger partial charge in [-0.2, -0.15) is 0 Å². The molecule has 0 aromatic heterocycles. The third-order valence-corrected chi connectivity index (χ3v) is 4.64. The minimum Gasteiger partial charge on any atom is -0.483 e. The van der Waals surface area contributed by atoms with Crippen molar-refractivity contribution < 1.29 is 19.3 Å². The van der Waals surface area contributed by atoms with E-state index in [9.17, 15) is 20.2 Å². The lowest BCUT2D eigenvalue weighted by atomic mass is 10.0. The summed E-state index contributed by atoms with van der Waals surface area (Å²) in [6.45, 7) is 7.58. The highest BCUT2D eigenvalue weighted by Crippen LogP contribution is 2.37. The third-order valence-electron chi connectivity index (χ3n) is 4.64. The van der Waals surface area contributed by atoms with Crippen molar-refractivity contribution in [3.05, 3.63) is 73.8 Å². The maximum atomic E-state index is 10.7. The number of hydrogen-bond acceptors (Lipinski definition) is 7. The Kier molecular flexibility index (Phi) is 5.45. The van der Waals surface area contributed by atoms with Gasteiger partial charge in [-0.3, -0.25) is 20.2 Å². The molecule has 0 fully saturated rings. The van der Waals surface area contributed by atoms with E-state index in [1.807, 2.05) is 52.0 Å². The Hall–Kier alpha value is -3.88. The summed E-state index contributed by atoms with van der Waals surface area (Å²) in [5.41, 5.74) is 6.46. The van der Waals surface area contributed by atoms with E-state index >= 15 is 0 Å². The fourth-order valence-electron chi connectivity index (χ4n) is 3.06. The van der Waals surface area contributed by atoms with Crippen LogP contribution < -0.4 is 15.2 Å². The molecule has 2 heterocycles. The standard InChI is InChI=1S/C11H12N2O3.C11H11NO3/c1-11(2)4-3-7-5-8(12)9(13(14)15)6-10(7)16-11;1-11(2)6-5-8-3-4-9(12(13)14)7-10(8)15-11/h3-6H,12H2,1-2H3;3-7H,1-2H3. The van der Waals surface area contributed by atoms with Crippen LogP contribution in [0, 0.1) is 20.2 Å². The zero-order chi connectivity index (χ0) is 23.0. The summed E-state index contributed by atoms with van der Waals surface area (Å²) in [5, 5.41) is 21.3. The Morgan fingerprint density at radius 2 is 1.35 bits per heavy atom. The zero-order valence-corrected chi connectivity index (χ0v) is 17.6. The fraction of sp³-hybridized carbons (Fsp3) is 0.273. The number of anilines is 1. The zero-order valence-electron chi connectivity index (χ0n) is 17.6. The summed E-state index contributed by atoms with van der Waals surface area (Å²) in [6.07, 6.45) is 7.60. The minimum atomic E-state index is -0.510. The normalized spacial score (nSPS) is 16.5. The topological polar surface area (TPSA) is 131 Å². The summed E-state index contributed by atoms with van der Waals surface area (Å²) in [4.78, 5) is 20.4. The second-order valence-electron chi connectivity index (χ2n) is 8.26. The van der Waals surface area contributed by atoms with Gasteiger partial charge in [0.25, 0.3) is 11.4 Å². The van der Waals surface area contributed by atoms with Crippen molar-refractivity contribution in [2.45, 2.75) is 38.9 Å². The Balaban J connectivity index is 0.000000176. The molecule has 162 valence electrons. The quantitative estimate of drug-likeness (QED) is 0.400. The van der Waals surface area contributed by atoms with E-state index in [1.165, 1.54) is 18.2 Å². The van der Waals surface area contributed by atoms with E-state index in [0.717, 1.165) is 11.1 Å². The SMILES string of the molecule is CC1(C)C=Cc2cc(N)c([N+](=O)[O-])cc2O1.CC1(C)C=Cc2ccc([N+](=O)[O-])cc2O1. The fourth-order valence-corrected chi connectivity index (χ4v) is 3.06. The van der Waals surface area contributed by atoms with Gasteiger partial charge in [0.1, 0.15) is 28.4 Å². The van der Waals surface area contributed by atoms with Crippen LogP contribution in [0.3, 0.4) is 0 Å². The van der Waals surface area contributed by atoms with E-state index in [2.05, 4.69) is 0 Å². The monoisotopic (exact) mass is 425 g/mol. The van der Waals surface area contributed by atoms with Gasteiger partial charge < -0.3 is 15.2 Å². The molecule has 2 N–H and O–H groups in total. The van der Waals surface area contributed by atoms with Crippen LogP contribution >= 0.6 is 0 Å². The number of ether oxygens (including phenoxy) is 2. The van der Waals surface area contributed by atoms with Crippen molar-refractivity contribution in [3.8, 4) is 11.5 Å². The van der Waals surface area contributed by atoms with Crippen LogP contribution in [0.5, 0.6) is 11.5 Å². The van der Waals surface area contributed by atoms with Gasteiger partial charge in [-0.1, -0.05) is 12.2 Å². The van der Waals surface area contributed by atoms with Crippen LogP contribution in [0.15, 0.2) is 42.5 Å². The second-order valence-corrected chi connectivity index (χ2v) is 8.26. The molecule has 2 aromatic rings. The Bertz CT molecular complexity index is 1120. The van der Waals surface area contributed by atoms with E-state index in [4.69, 9.17) is 15.2 Å². The van der Waals surface area contributed by atoms with Crippen LogP contribution in [0.2, 0.25) is 0 Å². The minimum absolute atomic E-state index is 0.0554. The number of nitro groups is 2. The molecule has 0 atom stereocenters. The van der Waals surface area contributed by atoms with E-state index in [1.54, 1.807) is 12.1 Å². The second kappa shape index (κ2) is 7.75. The maximum Gasteiger partial charge on any atom is 0.295 e. The van der Waals surface area contributed by atoms with Gasteiger partial charge in [-0.05, 0) is 52.0 Å². The molecule has 0 spiro atoms. The number of nitrogens with zero attached hydrogens (tertiary/aromatic N) is 2. The van der Waals surface area contributed by atoms with E-state index < -0.39 is 21.0 Å². The highest BCUT2D eigenvalue weighted by Gasteiger charge is 2.25. The van der Waals surface area contributed by atoms with Gasteiger partial charge in [0.15, 0.2) is 0 Å². The number of benzene rings is 2. The van der Waals surface area contributed by atoms with Crippen LogP contribution in [-0.4, -0.2) is 21.0 Å². The van der Waals surface area contributed by atoms with Crippen LogP contribution in [0.1, 0.15) is 38.8 Å². The highest BCUT2D eigenvalue weighted by molar-refractivity contribution is 5.72. The maximum absolute atomic E-state index is 10.7. The number of nitrogen functional groups attached to an aromatic ring is 1. The molecule has 0 aliphatic carbocycles. The number of nitrogens with two attached hydrogens (primary N) is 1. The van der Waals surface area contributed by atoms with Gasteiger partial charge in [0, 0.05) is 17.2 Å². The predicted molar refractivity (Wildman–Crippen MR) is 118 cm³/mol. The van der Waals surface area contributed by atoms with Crippen molar-refractivity contribution in [2.75, 3.05) is 5.73 Å². The molecule has 9 nitrogen and oxygen atoms in total. The van der Waals surface area contributed by atoms with Gasteiger partial charge in [-0.25, -0.2) is 0 Å². The molecule has 2 aliphatic heterocycles. The molecule has 0 radical (unpaired) electrons. The molecule has 0 bridgehead atoms. The lowest BCUT2D eigenvalue weighted by Gasteiger charge is -2.27. The Morgan fingerprint density at radius 1 is 0.806 bits per heavy atom. The van der Waals surface area contributed by atoms with Crippen LogP contribution in [0.4, 0.5) is 17.1 Å². The third kappa shape index (κ3) is 5.00. The van der Waals surface area contributed by atoms with Gasteiger partial charge >= 0.3 is 0 Å². The lowest BCUT2D eigenvalue weighted by molar-refractivity contribution is -0.385. The molecule has 0 saturated heterocycles. The number of rotatable bonds is 2. The first kappa shape index (κ1) is 21.8. The molecule has 2 aromatic carbocycles. The summed E-state index contributed by atoms with van der Waals surface area (Å²) >= 11 is 0. The molecule has 31 heavy (non-hydrogen) atoms. The number of fused-ring (bicyclic) bond motifs is 2.